The van der Waals surface area contributed by atoms with Gasteiger partial charge in [-0.05, 0) is 67.9 Å². The van der Waals surface area contributed by atoms with Crippen molar-refractivity contribution < 1.29 is 22.3 Å². The quantitative estimate of drug-likeness (QED) is 0.538. The predicted molar refractivity (Wildman–Crippen MR) is 107 cm³/mol. The Morgan fingerprint density at radius 3 is 2.32 bits per heavy atom. The van der Waals surface area contributed by atoms with E-state index >= 15 is 0 Å². The number of amides is 1. The van der Waals surface area contributed by atoms with Crippen LogP contribution in [0.2, 0.25) is 0 Å². The Balaban J connectivity index is 1.99. The van der Waals surface area contributed by atoms with E-state index < -0.39 is 28.3 Å². The summed E-state index contributed by atoms with van der Waals surface area (Å²) in [5, 5.41) is 3.83. The molecule has 0 aliphatic carbocycles. The summed E-state index contributed by atoms with van der Waals surface area (Å²) in [5.41, 5.74) is 3.20. The predicted octanol–water partition coefficient (Wildman–Crippen LogP) is 2.53. The molecule has 0 spiro atoms. The van der Waals surface area contributed by atoms with Gasteiger partial charge in [0.15, 0.2) is 0 Å². The number of hydrogen-bond donors (Lipinski definition) is 1. The van der Waals surface area contributed by atoms with Gasteiger partial charge in [0.05, 0.1) is 24.3 Å². The van der Waals surface area contributed by atoms with Crippen LogP contribution in [0.3, 0.4) is 0 Å². The summed E-state index contributed by atoms with van der Waals surface area (Å²) in [6.45, 7) is 3.37. The fraction of sp³-hybridized carbons (Fsp3) is 0.263. The lowest BCUT2D eigenvalue weighted by molar-refractivity contribution is -0.119. The first-order valence-electron chi connectivity index (χ1n) is 8.47. The number of anilines is 1. The van der Waals surface area contributed by atoms with E-state index in [1.165, 1.54) is 18.3 Å². The molecule has 2 aromatic carbocycles. The second-order valence-electron chi connectivity index (χ2n) is 6.27. The van der Waals surface area contributed by atoms with E-state index in [2.05, 4.69) is 10.5 Å². The van der Waals surface area contributed by atoms with E-state index in [0.717, 1.165) is 34.0 Å². The number of carbonyl (C=O) groups excluding carboxylic acids is 1. The van der Waals surface area contributed by atoms with Gasteiger partial charge in [-0.25, -0.2) is 18.2 Å². The van der Waals surface area contributed by atoms with Gasteiger partial charge < -0.3 is 4.74 Å². The number of sulfonamides is 1. The summed E-state index contributed by atoms with van der Waals surface area (Å²) in [6, 6.07) is 11.9. The lowest BCUT2D eigenvalue weighted by Crippen LogP contribution is -2.39. The van der Waals surface area contributed by atoms with Gasteiger partial charge in [0, 0.05) is 0 Å². The molecule has 2 aromatic rings. The number of nitrogens with one attached hydrogen (secondary N) is 1. The fourth-order valence-electron chi connectivity index (χ4n) is 2.26. The van der Waals surface area contributed by atoms with Crippen LogP contribution in [0, 0.1) is 5.82 Å². The van der Waals surface area contributed by atoms with Crippen LogP contribution in [0.4, 0.5) is 10.1 Å². The molecule has 0 aliphatic heterocycles. The monoisotopic (exact) mass is 407 g/mol. The van der Waals surface area contributed by atoms with E-state index in [1.54, 1.807) is 24.3 Å². The number of halogens is 1. The maximum absolute atomic E-state index is 13.0. The topological polar surface area (TPSA) is 88.1 Å². The molecule has 150 valence electrons. The Morgan fingerprint density at radius 1 is 1.18 bits per heavy atom. The summed E-state index contributed by atoms with van der Waals surface area (Å²) in [5.74, 6) is -0.416. The normalized spacial score (nSPS) is 11.6. The highest BCUT2D eigenvalue weighted by Crippen LogP contribution is 2.17. The van der Waals surface area contributed by atoms with Gasteiger partial charge in [-0.1, -0.05) is 0 Å². The molecule has 7 nitrogen and oxygen atoms in total. The van der Waals surface area contributed by atoms with Gasteiger partial charge in [-0.2, -0.15) is 5.10 Å². The van der Waals surface area contributed by atoms with Crippen LogP contribution in [0.5, 0.6) is 5.75 Å². The zero-order chi connectivity index (χ0) is 20.7. The Hall–Kier alpha value is -2.94. The molecule has 0 aliphatic rings. The Bertz CT molecular complexity index is 927. The van der Waals surface area contributed by atoms with E-state index in [9.17, 15) is 17.6 Å². The molecule has 0 unspecified atom stereocenters. The highest BCUT2D eigenvalue weighted by atomic mass is 32.2. The van der Waals surface area contributed by atoms with Crippen molar-refractivity contribution in [2.24, 2.45) is 5.10 Å². The van der Waals surface area contributed by atoms with Crippen molar-refractivity contribution in [2.75, 3.05) is 17.1 Å². The molecule has 0 bridgehead atoms. The number of rotatable bonds is 8. The second kappa shape index (κ2) is 9.32. The molecule has 1 amide bonds. The van der Waals surface area contributed by atoms with Crippen molar-refractivity contribution in [3.63, 3.8) is 0 Å². The molecule has 0 heterocycles. The fourth-order valence-corrected chi connectivity index (χ4v) is 3.11. The first kappa shape index (κ1) is 21.4. The molecule has 28 heavy (non-hydrogen) atoms. The summed E-state index contributed by atoms with van der Waals surface area (Å²) < 4.78 is 43.4. The molecule has 0 aromatic heterocycles. The minimum atomic E-state index is -3.73. The molecule has 0 radical (unpaired) electrons. The molecule has 0 saturated carbocycles. The third kappa shape index (κ3) is 6.66. The van der Waals surface area contributed by atoms with Crippen LogP contribution in [0.25, 0.3) is 0 Å². The Morgan fingerprint density at radius 2 is 1.79 bits per heavy atom. The molecular weight excluding hydrogens is 385 g/mol. The second-order valence-corrected chi connectivity index (χ2v) is 8.18. The summed E-state index contributed by atoms with van der Waals surface area (Å²) >= 11 is 0. The molecule has 1 N–H and O–H groups in total. The van der Waals surface area contributed by atoms with E-state index in [1.807, 2.05) is 13.8 Å². The van der Waals surface area contributed by atoms with Crippen molar-refractivity contribution in [2.45, 2.75) is 20.0 Å². The van der Waals surface area contributed by atoms with Crippen molar-refractivity contribution in [3.8, 4) is 5.75 Å². The van der Waals surface area contributed by atoms with Gasteiger partial charge >= 0.3 is 0 Å². The lowest BCUT2D eigenvalue weighted by atomic mass is 10.2. The van der Waals surface area contributed by atoms with E-state index in [0.29, 0.717) is 0 Å². The maximum Gasteiger partial charge on any atom is 0.260 e. The highest BCUT2D eigenvalue weighted by Gasteiger charge is 2.20. The van der Waals surface area contributed by atoms with Crippen LogP contribution in [-0.4, -0.2) is 39.4 Å². The van der Waals surface area contributed by atoms with Crippen LogP contribution in [-0.2, 0) is 14.8 Å². The lowest BCUT2D eigenvalue weighted by Gasteiger charge is -2.21. The average Bonchev–Trinajstić information content (AvgIpc) is 2.61. The van der Waals surface area contributed by atoms with Gasteiger partial charge in [0.2, 0.25) is 10.0 Å². The molecular formula is C19H22FN3O4S. The standard InChI is InChI=1S/C19H22FN3O4S/c1-14(2)27-18-10-4-15(5-11-18)12-21-22-19(24)13-23(28(3,25)26)17-8-6-16(20)7-9-17/h4-12,14H,13H2,1-3H3,(H,22,24)/b21-12-. The van der Waals surface area contributed by atoms with Gasteiger partial charge in [-0.15, -0.1) is 0 Å². The van der Waals surface area contributed by atoms with Crippen molar-refractivity contribution in [1.82, 2.24) is 5.43 Å². The average molecular weight is 407 g/mol. The van der Waals surface area contributed by atoms with Gasteiger partial charge in [0.1, 0.15) is 18.1 Å². The third-order valence-electron chi connectivity index (χ3n) is 3.46. The smallest absolute Gasteiger partial charge is 0.260 e. The molecule has 9 heteroatoms. The number of benzene rings is 2. The molecule has 2 rings (SSSR count). The van der Waals surface area contributed by atoms with Crippen molar-refractivity contribution in [3.05, 3.63) is 59.9 Å². The van der Waals surface area contributed by atoms with E-state index in [-0.39, 0.29) is 11.8 Å². The maximum atomic E-state index is 13.0. The Kier molecular flexibility index (Phi) is 7.11. The number of hydrazone groups is 1. The van der Waals surface area contributed by atoms with Crippen LogP contribution >= 0.6 is 0 Å². The first-order chi connectivity index (χ1) is 13.1. The van der Waals surface area contributed by atoms with Crippen LogP contribution < -0.4 is 14.5 Å². The van der Waals surface area contributed by atoms with Gasteiger partial charge in [0.25, 0.3) is 5.91 Å². The molecule has 0 fully saturated rings. The summed E-state index contributed by atoms with van der Waals surface area (Å²) in [4.78, 5) is 12.1. The van der Waals surface area contributed by atoms with Crippen LogP contribution in [0.1, 0.15) is 19.4 Å². The summed E-state index contributed by atoms with van der Waals surface area (Å²) in [7, 11) is -3.73. The SMILES string of the molecule is CC(C)Oc1ccc(/C=N\NC(=O)CN(c2ccc(F)cc2)S(C)(=O)=O)cc1. The Labute approximate surface area is 163 Å². The summed E-state index contributed by atoms with van der Waals surface area (Å²) in [6.07, 6.45) is 2.46. The first-order valence-corrected chi connectivity index (χ1v) is 10.3. The zero-order valence-corrected chi connectivity index (χ0v) is 16.6. The largest absolute Gasteiger partial charge is 0.491 e. The number of nitrogens with zero attached hydrogens (tertiary/aromatic N) is 2. The van der Waals surface area contributed by atoms with Gasteiger partial charge in [-0.3, -0.25) is 9.10 Å². The van der Waals surface area contributed by atoms with E-state index in [4.69, 9.17) is 4.74 Å². The molecule has 0 atom stereocenters. The number of hydrogen-bond acceptors (Lipinski definition) is 5. The third-order valence-corrected chi connectivity index (χ3v) is 4.60. The zero-order valence-electron chi connectivity index (χ0n) is 15.8. The molecule has 0 saturated heterocycles. The van der Waals surface area contributed by atoms with Crippen molar-refractivity contribution in [1.29, 1.82) is 0 Å². The minimum absolute atomic E-state index is 0.0673. The number of carbonyl (C=O) groups is 1. The highest BCUT2D eigenvalue weighted by molar-refractivity contribution is 7.92. The van der Waals surface area contributed by atoms with Crippen LogP contribution in [0.15, 0.2) is 53.6 Å². The number of ether oxygens (including phenoxy) is 1. The van der Waals surface area contributed by atoms with Crippen molar-refractivity contribution >= 4 is 27.8 Å². The minimum Gasteiger partial charge on any atom is -0.491 e.